The van der Waals surface area contributed by atoms with Gasteiger partial charge in [0.15, 0.2) is 0 Å². The minimum Gasteiger partial charge on any atom is -0.323 e. The fraction of sp³-hybridized carbons (Fsp3) is 0.250. The highest BCUT2D eigenvalue weighted by molar-refractivity contribution is 14.1. The third-order valence-corrected chi connectivity index (χ3v) is 1.43. The van der Waals surface area contributed by atoms with Crippen LogP contribution in [0.5, 0.6) is 0 Å². The molecule has 0 radical (unpaired) electrons. The Labute approximate surface area is 56.6 Å². The third-order valence-electron chi connectivity index (χ3n) is 0.450. The largest absolute Gasteiger partial charge is 0.323 e. The van der Waals surface area contributed by atoms with Crippen LogP contribution in [0.1, 0.15) is 6.92 Å². The average Bonchev–Trinajstić information content (AvgIpc) is 1.68. The number of halogens is 1. The first-order valence-electron chi connectivity index (χ1n) is 1.81. The average molecular weight is 210 g/mol. The van der Waals surface area contributed by atoms with Crippen LogP contribution < -0.4 is 5.84 Å². The fourth-order valence-corrected chi connectivity index (χ4v) is 0.307. The van der Waals surface area contributed by atoms with Gasteiger partial charge in [0.2, 0.25) is 0 Å². The summed E-state index contributed by atoms with van der Waals surface area (Å²) in [6, 6.07) is 0. The summed E-state index contributed by atoms with van der Waals surface area (Å²) in [4.78, 5) is 0. The Balaban J connectivity index is 3.58. The van der Waals surface area contributed by atoms with Crippen molar-refractivity contribution in [2.24, 2.45) is 10.9 Å². The number of rotatable bonds is 1. The maximum atomic E-state index is 4.83. The lowest BCUT2D eigenvalue weighted by atomic mass is 10.4. The molecule has 0 fully saturated rings. The van der Waals surface area contributed by atoms with Crippen LogP contribution in [0.2, 0.25) is 0 Å². The lowest BCUT2D eigenvalue weighted by molar-refractivity contribution is 1.26. The monoisotopic (exact) mass is 210 g/mol. The van der Waals surface area contributed by atoms with Crippen molar-refractivity contribution in [1.29, 1.82) is 0 Å². The fourth-order valence-electron chi connectivity index (χ4n) is 0.146. The summed E-state index contributed by atoms with van der Waals surface area (Å²) in [5.41, 5.74) is 1.07. The van der Waals surface area contributed by atoms with Gasteiger partial charge in [0.05, 0.1) is 0 Å². The third kappa shape index (κ3) is 3.78. The number of nitrogens with zero attached hydrogens (tertiary/aromatic N) is 1. The maximum absolute atomic E-state index is 4.83. The molecule has 0 aliphatic heterocycles. The zero-order valence-electron chi connectivity index (χ0n) is 4.06. The summed E-state index contributed by atoms with van der Waals surface area (Å²) in [5.74, 6) is 4.83. The van der Waals surface area contributed by atoms with Gasteiger partial charge in [0, 0.05) is 6.21 Å². The lowest BCUT2D eigenvalue weighted by Gasteiger charge is -1.79. The first kappa shape index (κ1) is 6.94. The van der Waals surface area contributed by atoms with Crippen LogP contribution in [0.4, 0.5) is 0 Å². The molecule has 0 atom stereocenters. The van der Waals surface area contributed by atoms with E-state index in [-0.39, 0.29) is 0 Å². The van der Waals surface area contributed by atoms with Crippen LogP contribution in [0.15, 0.2) is 14.8 Å². The van der Waals surface area contributed by atoms with Crippen molar-refractivity contribution in [2.45, 2.75) is 6.92 Å². The molecule has 0 unspecified atom stereocenters. The normalized spacial score (nSPS) is 13.1. The second kappa shape index (κ2) is 4.11. The lowest BCUT2D eigenvalue weighted by Crippen LogP contribution is -1.82. The Kier molecular flexibility index (Phi) is 4.07. The van der Waals surface area contributed by atoms with Gasteiger partial charge in [0.1, 0.15) is 0 Å². The van der Waals surface area contributed by atoms with Gasteiger partial charge < -0.3 is 5.84 Å². The van der Waals surface area contributed by atoms with Crippen molar-refractivity contribution in [2.75, 3.05) is 0 Å². The summed E-state index contributed by atoms with van der Waals surface area (Å²) < 4.78 is 1.91. The summed E-state index contributed by atoms with van der Waals surface area (Å²) in [5, 5.41) is 3.31. The Morgan fingerprint density at radius 3 is 2.57 bits per heavy atom. The highest BCUT2D eigenvalue weighted by atomic mass is 127. The molecule has 3 heteroatoms. The molecule has 0 aromatic heterocycles. The summed E-state index contributed by atoms with van der Waals surface area (Å²) in [6.07, 6.45) is 1.60. The highest BCUT2D eigenvalue weighted by Gasteiger charge is 1.73. The summed E-state index contributed by atoms with van der Waals surface area (Å²) >= 11 is 2.13. The molecule has 40 valence electrons. The smallest absolute Gasteiger partial charge is 0.0499 e. The van der Waals surface area contributed by atoms with E-state index in [1.807, 2.05) is 11.0 Å². The molecule has 0 aromatic carbocycles. The summed E-state index contributed by atoms with van der Waals surface area (Å²) in [6.45, 7) is 1.93. The molecular formula is C4H7IN2. The van der Waals surface area contributed by atoms with Gasteiger partial charge in [-0.15, -0.1) is 0 Å². The van der Waals surface area contributed by atoms with Gasteiger partial charge in [-0.1, -0.05) is 22.6 Å². The second-order valence-electron chi connectivity index (χ2n) is 1.13. The molecule has 0 amide bonds. The Hall–Kier alpha value is -0.0600. The quantitative estimate of drug-likeness (QED) is 0.301. The maximum Gasteiger partial charge on any atom is 0.0499 e. The number of allylic oxidation sites excluding steroid dienone is 1. The van der Waals surface area contributed by atoms with Crippen molar-refractivity contribution >= 4 is 28.8 Å². The van der Waals surface area contributed by atoms with Crippen LogP contribution >= 0.6 is 22.6 Å². The van der Waals surface area contributed by atoms with Crippen LogP contribution in [0, 0.1) is 0 Å². The standard InChI is InChI=1S/C4H7IN2/c1-4(2-5)3-7-6/h2-3H,6H2,1H3/b4-2-,7-3-. The minimum atomic E-state index is 1.07. The molecule has 0 spiro atoms. The van der Waals surface area contributed by atoms with Crippen LogP contribution in [-0.2, 0) is 0 Å². The molecule has 0 heterocycles. The molecule has 2 N–H and O–H groups in total. The van der Waals surface area contributed by atoms with E-state index in [4.69, 9.17) is 5.84 Å². The van der Waals surface area contributed by atoms with Crippen molar-refractivity contribution in [3.63, 3.8) is 0 Å². The predicted octanol–water partition coefficient (Wildman–Crippen LogP) is 1.27. The number of hydrogen-bond acceptors (Lipinski definition) is 2. The molecule has 0 saturated heterocycles. The Morgan fingerprint density at radius 1 is 1.86 bits per heavy atom. The highest BCUT2D eigenvalue weighted by Crippen LogP contribution is 1.91. The SMILES string of the molecule is CC(/C=N\N)=C/I. The van der Waals surface area contributed by atoms with E-state index in [0.29, 0.717) is 0 Å². The second-order valence-corrected chi connectivity index (χ2v) is 1.75. The summed E-state index contributed by atoms with van der Waals surface area (Å²) in [7, 11) is 0. The first-order valence-corrected chi connectivity index (χ1v) is 3.06. The van der Waals surface area contributed by atoms with Crippen molar-refractivity contribution in [3.05, 3.63) is 9.66 Å². The van der Waals surface area contributed by atoms with Crippen molar-refractivity contribution in [3.8, 4) is 0 Å². The molecule has 0 aliphatic carbocycles. The van der Waals surface area contributed by atoms with Crippen molar-refractivity contribution in [1.82, 2.24) is 0 Å². The molecule has 0 aliphatic rings. The number of hydrogen-bond donors (Lipinski definition) is 1. The molecule has 0 bridgehead atoms. The van der Waals surface area contributed by atoms with Gasteiger partial charge in [-0.25, -0.2) is 0 Å². The predicted molar refractivity (Wildman–Crippen MR) is 40.5 cm³/mol. The van der Waals surface area contributed by atoms with Gasteiger partial charge in [0.25, 0.3) is 0 Å². The molecule has 2 nitrogen and oxygen atoms in total. The molecule has 0 rings (SSSR count). The van der Waals surface area contributed by atoms with Gasteiger partial charge in [-0.05, 0) is 16.6 Å². The van der Waals surface area contributed by atoms with E-state index in [1.54, 1.807) is 6.21 Å². The van der Waals surface area contributed by atoms with Gasteiger partial charge in [-0.3, -0.25) is 0 Å². The molecule has 0 aromatic rings. The van der Waals surface area contributed by atoms with Crippen LogP contribution in [0.25, 0.3) is 0 Å². The number of nitrogens with two attached hydrogens (primary N) is 1. The van der Waals surface area contributed by atoms with E-state index in [2.05, 4.69) is 27.7 Å². The first-order chi connectivity index (χ1) is 3.31. The molecule has 0 saturated carbocycles. The zero-order valence-corrected chi connectivity index (χ0v) is 6.21. The van der Waals surface area contributed by atoms with E-state index in [0.717, 1.165) is 5.57 Å². The van der Waals surface area contributed by atoms with Crippen LogP contribution in [0.3, 0.4) is 0 Å². The van der Waals surface area contributed by atoms with E-state index in [1.165, 1.54) is 0 Å². The zero-order chi connectivity index (χ0) is 5.70. The van der Waals surface area contributed by atoms with Gasteiger partial charge in [-0.2, -0.15) is 5.10 Å². The molecule has 7 heavy (non-hydrogen) atoms. The topological polar surface area (TPSA) is 38.4 Å². The molecular weight excluding hydrogens is 203 g/mol. The van der Waals surface area contributed by atoms with E-state index in [9.17, 15) is 0 Å². The van der Waals surface area contributed by atoms with E-state index < -0.39 is 0 Å². The van der Waals surface area contributed by atoms with Gasteiger partial charge >= 0.3 is 0 Å². The van der Waals surface area contributed by atoms with E-state index >= 15 is 0 Å². The Bertz CT molecular complexity index is 95.9. The number of hydrazone groups is 1. The Morgan fingerprint density at radius 2 is 2.43 bits per heavy atom. The van der Waals surface area contributed by atoms with Crippen LogP contribution in [-0.4, -0.2) is 6.21 Å². The minimum absolute atomic E-state index is 1.07. The van der Waals surface area contributed by atoms with Crippen molar-refractivity contribution < 1.29 is 0 Å².